The Balaban J connectivity index is 2.61. The number of hydrogen-bond donors (Lipinski definition) is 1. The van der Waals surface area contributed by atoms with Gasteiger partial charge in [0.05, 0.1) is 0 Å². The fourth-order valence-electron chi connectivity index (χ4n) is 1.55. The van der Waals surface area contributed by atoms with Crippen LogP contribution in [0.5, 0.6) is 0 Å². The highest BCUT2D eigenvalue weighted by Crippen LogP contribution is 2.28. The maximum Gasteiger partial charge on any atom is 0.170 e. The van der Waals surface area contributed by atoms with Crippen molar-refractivity contribution < 1.29 is 13.9 Å². The Morgan fingerprint density at radius 2 is 2.20 bits per heavy atom. The quantitative estimate of drug-likeness (QED) is 0.821. The predicted octanol–water partition coefficient (Wildman–Crippen LogP) is 3.32. The SMILES string of the molecule is CCC(O)c1cc2ccc(C)c(F)c2o1. The molecule has 3 heteroatoms. The molecular formula is C12H13FO2. The van der Waals surface area contributed by atoms with Gasteiger partial charge in [-0.15, -0.1) is 0 Å². The Morgan fingerprint density at radius 1 is 1.47 bits per heavy atom. The highest BCUT2D eigenvalue weighted by molar-refractivity contribution is 5.79. The standard InChI is InChI=1S/C12H13FO2/c1-3-9(14)10-6-8-5-4-7(2)11(13)12(8)15-10/h4-6,9,14H,3H2,1-2H3. The summed E-state index contributed by atoms with van der Waals surface area (Å²) in [5.74, 6) is 0.0825. The summed E-state index contributed by atoms with van der Waals surface area (Å²) in [6, 6.07) is 5.18. The molecule has 0 radical (unpaired) electrons. The minimum Gasteiger partial charge on any atom is -0.455 e. The first-order chi connectivity index (χ1) is 7.13. The highest BCUT2D eigenvalue weighted by Gasteiger charge is 2.14. The predicted molar refractivity (Wildman–Crippen MR) is 56.2 cm³/mol. The van der Waals surface area contributed by atoms with Crippen molar-refractivity contribution in [1.82, 2.24) is 0 Å². The van der Waals surface area contributed by atoms with Crippen molar-refractivity contribution in [2.75, 3.05) is 0 Å². The van der Waals surface area contributed by atoms with Crippen LogP contribution >= 0.6 is 0 Å². The number of benzene rings is 1. The van der Waals surface area contributed by atoms with Gasteiger partial charge in [0.1, 0.15) is 11.9 Å². The molecule has 0 aliphatic heterocycles. The lowest BCUT2D eigenvalue weighted by molar-refractivity contribution is 0.148. The smallest absolute Gasteiger partial charge is 0.170 e. The third kappa shape index (κ3) is 1.63. The summed E-state index contributed by atoms with van der Waals surface area (Å²) >= 11 is 0. The van der Waals surface area contributed by atoms with Gasteiger partial charge in [0.25, 0.3) is 0 Å². The Kier molecular flexibility index (Phi) is 2.49. The van der Waals surface area contributed by atoms with Crippen LogP contribution in [0, 0.1) is 12.7 Å². The Bertz CT molecular complexity index is 488. The summed E-state index contributed by atoms with van der Waals surface area (Å²) in [5, 5.41) is 10.3. The average molecular weight is 208 g/mol. The first-order valence-corrected chi connectivity index (χ1v) is 5.00. The van der Waals surface area contributed by atoms with Crippen LogP contribution < -0.4 is 0 Å². The van der Waals surface area contributed by atoms with E-state index in [9.17, 15) is 9.50 Å². The largest absolute Gasteiger partial charge is 0.455 e. The molecule has 1 N–H and O–H groups in total. The monoisotopic (exact) mass is 208 g/mol. The van der Waals surface area contributed by atoms with Crippen LogP contribution in [-0.2, 0) is 0 Å². The minimum atomic E-state index is -0.655. The first-order valence-electron chi connectivity index (χ1n) is 5.00. The van der Waals surface area contributed by atoms with Gasteiger partial charge in [-0.1, -0.05) is 19.1 Å². The fourth-order valence-corrected chi connectivity index (χ4v) is 1.55. The molecule has 1 heterocycles. The Hall–Kier alpha value is -1.35. The number of rotatable bonds is 2. The zero-order valence-electron chi connectivity index (χ0n) is 8.75. The molecule has 0 spiro atoms. The molecule has 0 aliphatic carbocycles. The second-order valence-corrected chi connectivity index (χ2v) is 3.69. The number of aliphatic hydroxyl groups excluding tert-OH is 1. The van der Waals surface area contributed by atoms with Gasteiger partial charge in [-0.05, 0) is 25.0 Å². The number of halogens is 1. The van der Waals surface area contributed by atoms with E-state index < -0.39 is 6.10 Å². The van der Waals surface area contributed by atoms with Gasteiger partial charge in [0.2, 0.25) is 0 Å². The summed E-state index contributed by atoms with van der Waals surface area (Å²) in [6.45, 7) is 3.53. The summed E-state index contributed by atoms with van der Waals surface area (Å²) in [4.78, 5) is 0. The first kappa shape index (κ1) is 10.2. The zero-order valence-corrected chi connectivity index (χ0v) is 8.75. The van der Waals surface area contributed by atoms with Crippen molar-refractivity contribution in [3.05, 3.63) is 35.3 Å². The number of furan rings is 1. The van der Waals surface area contributed by atoms with Crippen molar-refractivity contribution in [2.24, 2.45) is 0 Å². The second-order valence-electron chi connectivity index (χ2n) is 3.69. The minimum absolute atomic E-state index is 0.234. The average Bonchev–Trinajstić information content (AvgIpc) is 2.67. The molecule has 2 aromatic rings. The molecule has 0 bridgehead atoms. The lowest BCUT2D eigenvalue weighted by Gasteiger charge is -2.01. The zero-order chi connectivity index (χ0) is 11.0. The van der Waals surface area contributed by atoms with Gasteiger partial charge >= 0.3 is 0 Å². The molecule has 0 saturated heterocycles. The van der Waals surface area contributed by atoms with Crippen LogP contribution in [0.1, 0.15) is 30.8 Å². The summed E-state index contributed by atoms with van der Waals surface area (Å²) in [7, 11) is 0. The molecule has 0 fully saturated rings. The van der Waals surface area contributed by atoms with E-state index in [1.165, 1.54) is 0 Å². The van der Waals surface area contributed by atoms with Gasteiger partial charge in [-0.25, -0.2) is 4.39 Å². The number of aryl methyl sites for hydroxylation is 1. The molecule has 80 valence electrons. The highest BCUT2D eigenvalue weighted by atomic mass is 19.1. The Morgan fingerprint density at radius 3 is 2.87 bits per heavy atom. The lowest BCUT2D eigenvalue weighted by Crippen LogP contribution is -1.91. The van der Waals surface area contributed by atoms with Crippen molar-refractivity contribution >= 4 is 11.0 Å². The van der Waals surface area contributed by atoms with E-state index in [4.69, 9.17) is 4.42 Å². The van der Waals surface area contributed by atoms with E-state index in [0.29, 0.717) is 23.1 Å². The van der Waals surface area contributed by atoms with Crippen LogP contribution in [0.3, 0.4) is 0 Å². The number of fused-ring (bicyclic) bond motifs is 1. The van der Waals surface area contributed by atoms with E-state index in [1.54, 1.807) is 25.1 Å². The molecule has 1 aromatic carbocycles. The molecule has 1 atom stereocenters. The summed E-state index contributed by atoms with van der Waals surface area (Å²) < 4.78 is 18.9. The van der Waals surface area contributed by atoms with E-state index in [0.717, 1.165) is 0 Å². The number of hydrogen-bond acceptors (Lipinski definition) is 2. The van der Waals surface area contributed by atoms with Crippen LogP contribution in [-0.4, -0.2) is 5.11 Å². The third-order valence-electron chi connectivity index (χ3n) is 2.55. The van der Waals surface area contributed by atoms with Crippen molar-refractivity contribution in [3.8, 4) is 0 Å². The molecule has 2 rings (SSSR count). The maximum absolute atomic E-state index is 13.6. The van der Waals surface area contributed by atoms with Gasteiger partial charge in [0, 0.05) is 5.39 Å². The third-order valence-corrected chi connectivity index (χ3v) is 2.55. The van der Waals surface area contributed by atoms with Gasteiger partial charge in [-0.2, -0.15) is 0 Å². The van der Waals surface area contributed by atoms with Gasteiger partial charge < -0.3 is 9.52 Å². The molecule has 2 nitrogen and oxygen atoms in total. The van der Waals surface area contributed by atoms with Gasteiger partial charge in [-0.3, -0.25) is 0 Å². The molecule has 1 aromatic heterocycles. The fraction of sp³-hybridized carbons (Fsp3) is 0.333. The molecule has 0 amide bonds. The van der Waals surface area contributed by atoms with Crippen LogP contribution in [0.15, 0.2) is 22.6 Å². The van der Waals surface area contributed by atoms with Crippen LogP contribution in [0.2, 0.25) is 0 Å². The van der Waals surface area contributed by atoms with E-state index in [2.05, 4.69) is 0 Å². The lowest BCUT2D eigenvalue weighted by atomic mass is 10.1. The van der Waals surface area contributed by atoms with E-state index in [-0.39, 0.29) is 11.4 Å². The summed E-state index contributed by atoms with van der Waals surface area (Å²) in [6.07, 6.45) is -0.0995. The van der Waals surface area contributed by atoms with Crippen molar-refractivity contribution in [2.45, 2.75) is 26.4 Å². The second kappa shape index (κ2) is 3.66. The van der Waals surface area contributed by atoms with Crippen molar-refractivity contribution in [1.29, 1.82) is 0 Å². The molecular weight excluding hydrogens is 195 g/mol. The molecule has 0 aliphatic rings. The van der Waals surface area contributed by atoms with Crippen LogP contribution in [0.25, 0.3) is 11.0 Å². The van der Waals surface area contributed by atoms with Gasteiger partial charge in [0.15, 0.2) is 11.4 Å². The maximum atomic E-state index is 13.6. The van der Waals surface area contributed by atoms with Crippen molar-refractivity contribution in [3.63, 3.8) is 0 Å². The number of aliphatic hydroxyl groups is 1. The molecule has 0 saturated carbocycles. The molecule has 1 unspecified atom stereocenters. The normalized spacial score (nSPS) is 13.3. The topological polar surface area (TPSA) is 33.4 Å². The van der Waals surface area contributed by atoms with E-state index >= 15 is 0 Å². The van der Waals surface area contributed by atoms with Crippen LogP contribution in [0.4, 0.5) is 4.39 Å². The Labute approximate surface area is 87.3 Å². The van der Waals surface area contributed by atoms with E-state index in [1.807, 2.05) is 6.92 Å². The summed E-state index contributed by atoms with van der Waals surface area (Å²) in [5.41, 5.74) is 0.784. The molecule has 15 heavy (non-hydrogen) atoms.